The molecule has 0 spiro atoms. The average molecular weight is 553 g/mol. The quantitative estimate of drug-likeness (QED) is 0.238. The van der Waals surface area contributed by atoms with Crippen LogP contribution < -0.4 is 15.8 Å². The van der Waals surface area contributed by atoms with Crippen molar-refractivity contribution in [3.8, 4) is 11.1 Å². The summed E-state index contributed by atoms with van der Waals surface area (Å²) in [7, 11) is 1.67. The first-order chi connectivity index (χ1) is 20.0. The summed E-state index contributed by atoms with van der Waals surface area (Å²) in [6, 6.07) is 9.36. The first-order valence-corrected chi connectivity index (χ1v) is 13.7. The number of rotatable bonds is 9. The number of nitrogens with zero attached hydrogens (tertiary/aromatic N) is 6. The summed E-state index contributed by atoms with van der Waals surface area (Å²) >= 11 is 0. The Morgan fingerprint density at radius 2 is 2.02 bits per heavy atom. The van der Waals surface area contributed by atoms with Crippen molar-refractivity contribution >= 4 is 34.9 Å². The van der Waals surface area contributed by atoms with E-state index < -0.39 is 0 Å². The third-order valence-electron chi connectivity index (χ3n) is 7.81. The highest BCUT2D eigenvalue weighted by atomic mass is 16.3. The van der Waals surface area contributed by atoms with Gasteiger partial charge in [0.15, 0.2) is 5.65 Å². The summed E-state index contributed by atoms with van der Waals surface area (Å²) in [5.41, 5.74) is 7.22. The molecule has 0 radical (unpaired) electrons. The van der Waals surface area contributed by atoms with Gasteiger partial charge in [0.1, 0.15) is 17.3 Å². The number of aliphatic hydroxyl groups is 1. The standard InChI is InChI=1S/C30H32N8O3/c1-19-13-20-5-3-4-6-26(20)38(19)12-11-37(18-40)29-23(16-39)22(9-10-31-29)21-14-25(30(41)36(2)15-21)34-27-8-7-24-28(35-27)33-17-32-24/h7-10,13-15,17-18,39H,3-6,11-12,16H2,1-2H3,(H2,32,33,34,35). The van der Waals surface area contributed by atoms with E-state index in [-0.39, 0.29) is 12.2 Å². The number of aromatic amines is 1. The number of nitrogens with one attached hydrogen (secondary N) is 2. The van der Waals surface area contributed by atoms with E-state index in [1.165, 1.54) is 34.4 Å². The molecule has 0 atom stereocenters. The molecule has 11 heteroatoms. The fourth-order valence-corrected chi connectivity index (χ4v) is 5.78. The Morgan fingerprint density at radius 1 is 1.17 bits per heavy atom. The van der Waals surface area contributed by atoms with Gasteiger partial charge in [0, 0.05) is 55.0 Å². The van der Waals surface area contributed by atoms with E-state index >= 15 is 0 Å². The van der Waals surface area contributed by atoms with Gasteiger partial charge >= 0.3 is 0 Å². The lowest BCUT2D eigenvalue weighted by atomic mass is 9.98. The molecule has 0 bridgehead atoms. The lowest BCUT2D eigenvalue weighted by Crippen LogP contribution is -2.29. The number of hydrogen-bond donors (Lipinski definition) is 3. The zero-order valence-corrected chi connectivity index (χ0v) is 23.1. The Bertz CT molecular complexity index is 1800. The summed E-state index contributed by atoms with van der Waals surface area (Å²) in [5, 5.41) is 13.6. The monoisotopic (exact) mass is 552 g/mol. The average Bonchev–Trinajstić information content (AvgIpc) is 3.58. The van der Waals surface area contributed by atoms with Crippen LogP contribution in [0.5, 0.6) is 0 Å². The lowest BCUT2D eigenvalue weighted by molar-refractivity contribution is -0.107. The van der Waals surface area contributed by atoms with Crippen LogP contribution in [0.1, 0.15) is 35.4 Å². The number of aryl methyl sites for hydroxylation is 3. The maximum atomic E-state index is 13.0. The van der Waals surface area contributed by atoms with Gasteiger partial charge in [-0.1, -0.05) is 0 Å². The molecule has 1 aliphatic carbocycles. The molecule has 3 N–H and O–H groups in total. The summed E-state index contributed by atoms with van der Waals surface area (Å²) in [4.78, 5) is 43.0. The number of carbonyl (C=O) groups is 1. The van der Waals surface area contributed by atoms with Gasteiger partial charge < -0.3 is 24.5 Å². The van der Waals surface area contributed by atoms with Crippen LogP contribution in [0.15, 0.2) is 53.8 Å². The minimum absolute atomic E-state index is 0.238. The van der Waals surface area contributed by atoms with E-state index in [2.05, 4.69) is 42.8 Å². The minimum Gasteiger partial charge on any atom is -0.392 e. The number of amides is 1. The van der Waals surface area contributed by atoms with Crippen molar-refractivity contribution in [2.75, 3.05) is 16.8 Å². The molecule has 0 saturated carbocycles. The minimum atomic E-state index is -0.330. The van der Waals surface area contributed by atoms with E-state index in [9.17, 15) is 14.7 Å². The van der Waals surface area contributed by atoms with Crippen LogP contribution in [0.3, 0.4) is 0 Å². The first kappa shape index (κ1) is 26.5. The first-order valence-electron chi connectivity index (χ1n) is 13.7. The number of pyridine rings is 3. The molecule has 0 saturated heterocycles. The molecule has 11 nitrogen and oxygen atoms in total. The number of H-pyrrole nitrogens is 1. The Hall–Kier alpha value is -4.77. The third-order valence-corrected chi connectivity index (χ3v) is 7.81. The van der Waals surface area contributed by atoms with Crippen molar-refractivity contribution in [3.05, 3.63) is 81.9 Å². The number of imidazole rings is 1. The molecule has 0 aromatic carbocycles. The van der Waals surface area contributed by atoms with Gasteiger partial charge in [-0.15, -0.1) is 0 Å². The molecule has 41 heavy (non-hydrogen) atoms. The number of carbonyl (C=O) groups excluding carboxylic acids is 1. The Kier molecular flexibility index (Phi) is 7.10. The molecule has 0 aliphatic heterocycles. The molecule has 0 fully saturated rings. The van der Waals surface area contributed by atoms with Crippen LogP contribution in [-0.2, 0) is 37.8 Å². The van der Waals surface area contributed by atoms with Gasteiger partial charge in [0.2, 0.25) is 6.41 Å². The van der Waals surface area contributed by atoms with Crippen LogP contribution in [0.4, 0.5) is 17.3 Å². The molecule has 1 amide bonds. The molecule has 1 aliphatic rings. The summed E-state index contributed by atoms with van der Waals surface area (Å²) in [6.45, 7) is 2.83. The molecule has 5 aromatic rings. The smallest absolute Gasteiger partial charge is 0.274 e. The van der Waals surface area contributed by atoms with Crippen LogP contribution in [0.25, 0.3) is 22.3 Å². The Balaban J connectivity index is 1.32. The van der Waals surface area contributed by atoms with Gasteiger partial charge in [-0.2, -0.15) is 0 Å². The fraction of sp³-hybridized carbons (Fsp3) is 0.300. The predicted octanol–water partition coefficient (Wildman–Crippen LogP) is 3.61. The van der Waals surface area contributed by atoms with E-state index in [1.54, 1.807) is 48.9 Å². The Labute approximate surface area is 236 Å². The third kappa shape index (κ3) is 5.00. The molecular weight excluding hydrogens is 520 g/mol. The maximum Gasteiger partial charge on any atom is 0.274 e. The van der Waals surface area contributed by atoms with Gasteiger partial charge in [0.25, 0.3) is 5.56 Å². The zero-order valence-electron chi connectivity index (χ0n) is 23.1. The van der Waals surface area contributed by atoms with E-state index in [0.29, 0.717) is 52.8 Å². The SMILES string of the molecule is Cc1cc2c(n1CCN(C=O)c1nccc(-c3cc(Nc4ccc5[nH]cnc5n4)c(=O)n(C)c3)c1CO)CCCC2. The summed E-state index contributed by atoms with van der Waals surface area (Å²) < 4.78 is 3.77. The molecule has 0 unspecified atom stereocenters. The molecule has 5 aromatic heterocycles. The number of fused-ring (bicyclic) bond motifs is 2. The van der Waals surface area contributed by atoms with Gasteiger partial charge in [-0.05, 0) is 74.1 Å². The van der Waals surface area contributed by atoms with E-state index in [4.69, 9.17) is 0 Å². The summed E-state index contributed by atoms with van der Waals surface area (Å²) in [6.07, 6.45) is 10.2. The van der Waals surface area contributed by atoms with Crippen molar-refractivity contribution in [2.45, 2.75) is 45.8 Å². The molecule has 210 valence electrons. The van der Waals surface area contributed by atoms with Gasteiger partial charge in [-0.3, -0.25) is 14.5 Å². The van der Waals surface area contributed by atoms with Crippen LogP contribution >= 0.6 is 0 Å². The second kappa shape index (κ2) is 11.0. The normalized spacial score (nSPS) is 12.9. The highest BCUT2D eigenvalue weighted by molar-refractivity contribution is 5.81. The number of aliphatic hydroxyl groups excluding tert-OH is 1. The van der Waals surface area contributed by atoms with E-state index in [1.807, 2.05) is 6.07 Å². The van der Waals surface area contributed by atoms with Crippen molar-refractivity contribution in [1.82, 2.24) is 29.1 Å². The molecule has 5 heterocycles. The van der Waals surface area contributed by atoms with Gasteiger partial charge in [-0.25, -0.2) is 15.0 Å². The number of anilines is 3. The summed E-state index contributed by atoms with van der Waals surface area (Å²) in [5.74, 6) is 0.874. The molecule has 6 rings (SSSR count). The second-order valence-electron chi connectivity index (χ2n) is 10.4. The van der Waals surface area contributed by atoms with Crippen molar-refractivity contribution in [1.29, 1.82) is 0 Å². The van der Waals surface area contributed by atoms with E-state index in [0.717, 1.165) is 24.8 Å². The highest BCUT2D eigenvalue weighted by Crippen LogP contribution is 2.31. The molecular formula is C30H32N8O3. The highest BCUT2D eigenvalue weighted by Gasteiger charge is 2.20. The fourth-order valence-electron chi connectivity index (χ4n) is 5.78. The van der Waals surface area contributed by atoms with Gasteiger partial charge in [0.05, 0.1) is 18.5 Å². The van der Waals surface area contributed by atoms with Crippen LogP contribution in [0, 0.1) is 6.92 Å². The largest absolute Gasteiger partial charge is 0.392 e. The Morgan fingerprint density at radius 3 is 2.85 bits per heavy atom. The van der Waals surface area contributed by atoms with Crippen LogP contribution in [-0.4, -0.2) is 47.1 Å². The van der Waals surface area contributed by atoms with Crippen molar-refractivity contribution in [2.24, 2.45) is 7.05 Å². The maximum absolute atomic E-state index is 13.0. The lowest BCUT2D eigenvalue weighted by Gasteiger charge is -2.23. The zero-order chi connectivity index (χ0) is 28.5. The second-order valence-corrected chi connectivity index (χ2v) is 10.4. The number of hydrogen-bond acceptors (Lipinski definition) is 7. The number of aromatic nitrogens is 6. The topological polar surface area (TPSA) is 134 Å². The van der Waals surface area contributed by atoms with Crippen molar-refractivity contribution in [3.63, 3.8) is 0 Å². The van der Waals surface area contributed by atoms with Crippen LogP contribution in [0.2, 0.25) is 0 Å². The van der Waals surface area contributed by atoms with Crippen molar-refractivity contribution < 1.29 is 9.90 Å². The predicted molar refractivity (Wildman–Crippen MR) is 157 cm³/mol.